The van der Waals surface area contributed by atoms with E-state index in [1.54, 1.807) is 12.1 Å². The van der Waals surface area contributed by atoms with Gasteiger partial charge in [0.2, 0.25) is 0 Å². The number of methoxy groups -OCH3 is 1. The van der Waals surface area contributed by atoms with Crippen molar-refractivity contribution >= 4 is 27.4 Å². The second kappa shape index (κ2) is 5.06. The van der Waals surface area contributed by atoms with E-state index in [0.717, 1.165) is 4.70 Å². The molecule has 0 aliphatic heterocycles. The van der Waals surface area contributed by atoms with Gasteiger partial charge < -0.3 is 15.0 Å². The number of ether oxygens (including phenoxy) is 1. The van der Waals surface area contributed by atoms with Crippen molar-refractivity contribution in [3.05, 3.63) is 30.2 Å². The molecule has 3 aromatic heterocycles. The van der Waals surface area contributed by atoms with Gasteiger partial charge in [0.25, 0.3) is 0 Å². The number of fused-ring (bicyclic) bond motifs is 1. The molecule has 0 saturated heterocycles. The molecule has 0 unspecified atom stereocenters. The van der Waals surface area contributed by atoms with Gasteiger partial charge in [0, 0.05) is 18.2 Å². The van der Waals surface area contributed by atoms with E-state index in [2.05, 4.69) is 20.3 Å². The normalized spacial score (nSPS) is 11.2. The molecule has 0 aliphatic carbocycles. The number of aromatic nitrogens is 4. The summed E-state index contributed by atoms with van der Waals surface area (Å²) in [5.74, 6) is 0.523. The molecule has 0 saturated carbocycles. The summed E-state index contributed by atoms with van der Waals surface area (Å²) in [5.41, 5.74) is 7.60. The number of hydrogen-bond donors (Lipinski definition) is 2. The number of halogens is 1. The topological polar surface area (TPSA) is 103 Å². The molecule has 9 heteroatoms. The minimum Gasteiger partial charge on any atom is -0.494 e. The van der Waals surface area contributed by atoms with Crippen molar-refractivity contribution < 1.29 is 13.7 Å². The number of anilines is 1. The Bertz CT molecular complexity index is 992. The predicted octanol–water partition coefficient (Wildman–Crippen LogP) is 3.07. The first-order valence-electron chi connectivity index (χ1n) is 6.56. The Morgan fingerprint density at radius 3 is 3.00 bits per heavy atom. The summed E-state index contributed by atoms with van der Waals surface area (Å²) in [7, 11) is 1.42. The van der Waals surface area contributed by atoms with Crippen LogP contribution in [-0.4, -0.2) is 27.4 Å². The molecule has 0 aliphatic rings. The van der Waals surface area contributed by atoms with Crippen molar-refractivity contribution in [2.24, 2.45) is 0 Å². The maximum absolute atomic E-state index is 13.8. The predicted molar refractivity (Wildman–Crippen MR) is 83.6 cm³/mol. The van der Waals surface area contributed by atoms with Gasteiger partial charge in [-0.15, -0.1) is 11.3 Å². The first kappa shape index (κ1) is 13.7. The van der Waals surface area contributed by atoms with Crippen molar-refractivity contribution in [2.45, 2.75) is 0 Å². The fourth-order valence-corrected chi connectivity index (χ4v) is 3.32. The molecule has 116 valence electrons. The number of nitrogens with one attached hydrogen (secondary N) is 1. The van der Waals surface area contributed by atoms with Gasteiger partial charge in [0.15, 0.2) is 17.3 Å². The number of rotatable bonds is 3. The lowest BCUT2D eigenvalue weighted by Crippen LogP contribution is -1.88. The van der Waals surface area contributed by atoms with Crippen LogP contribution < -0.4 is 10.5 Å². The number of H-pyrrole nitrogens is 1. The molecular formula is C14H10FN5O2S. The van der Waals surface area contributed by atoms with Gasteiger partial charge in [-0.3, -0.25) is 5.10 Å². The molecule has 4 rings (SSSR count). The van der Waals surface area contributed by atoms with Crippen LogP contribution >= 0.6 is 11.3 Å². The number of benzene rings is 1. The first-order valence-corrected chi connectivity index (χ1v) is 7.38. The molecule has 1 aromatic carbocycles. The van der Waals surface area contributed by atoms with Crippen molar-refractivity contribution in [1.82, 2.24) is 20.3 Å². The van der Waals surface area contributed by atoms with E-state index >= 15 is 0 Å². The van der Waals surface area contributed by atoms with Crippen LogP contribution in [0.3, 0.4) is 0 Å². The molecule has 0 radical (unpaired) electrons. The molecule has 4 aromatic rings. The zero-order valence-corrected chi connectivity index (χ0v) is 12.6. The van der Waals surface area contributed by atoms with Crippen LogP contribution in [0.4, 0.5) is 10.2 Å². The number of nitrogens with zero attached hydrogens (tertiary/aromatic N) is 3. The lowest BCUT2D eigenvalue weighted by Gasteiger charge is -1.99. The average Bonchev–Trinajstić information content (AvgIpc) is 3.24. The van der Waals surface area contributed by atoms with Crippen LogP contribution in [0.1, 0.15) is 0 Å². The first-order chi connectivity index (χ1) is 11.2. The Hall–Kier alpha value is -2.94. The molecule has 23 heavy (non-hydrogen) atoms. The SMILES string of the molecule is COc1cc2sc(-c3c(-c4ccno4)n[nH]c3N)nc2cc1F. The highest BCUT2D eigenvalue weighted by Gasteiger charge is 2.21. The quantitative estimate of drug-likeness (QED) is 0.598. The minimum atomic E-state index is -0.465. The summed E-state index contributed by atoms with van der Waals surface area (Å²) in [6.45, 7) is 0. The summed E-state index contributed by atoms with van der Waals surface area (Å²) in [6.07, 6.45) is 1.52. The maximum Gasteiger partial charge on any atom is 0.187 e. The van der Waals surface area contributed by atoms with Gasteiger partial charge in [-0.1, -0.05) is 5.16 Å². The molecule has 0 fully saturated rings. The Kier molecular flexibility index (Phi) is 3.01. The van der Waals surface area contributed by atoms with Crippen LogP contribution in [0.15, 0.2) is 28.9 Å². The van der Waals surface area contributed by atoms with Crippen LogP contribution in [0.2, 0.25) is 0 Å². The Balaban J connectivity index is 1.92. The van der Waals surface area contributed by atoms with E-state index in [1.807, 2.05) is 0 Å². The van der Waals surface area contributed by atoms with Crippen LogP contribution in [0.5, 0.6) is 5.75 Å². The van der Waals surface area contributed by atoms with Gasteiger partial charge >= 0.3 is 0 Å². The van der Waals surface area contributed by atoms with Gasteiger partial charge in [0.05, 0.1) is 29.1 Å². The van der Waals surface area contributed by atoms with E-state index in [9.17, 15) is 4.39 Å². The molecule has 0 atom stereocenters. The summed E-state index contributed by atoms with van der Waals surface area (Å²) in [4.78, 5) is 4.44. The fourth-order valence-electron chi connectivity index (χ4n) is 2.28. The van der Waals surface area contributed by atoms with E-state index < -0.39 is 5.82 Å². The second-order valence-corrected chi connectivity index (χ2v) is 5.74. The molecule has 3 N–H and O–H groups in total. The molecular weight excluding hydrogens is 321 g/mol. The summed E-state index contributed by atoms with van der Waals surface area (Å²) in [5, 5.41) is 11.1. The smallest absolute Gasteiger partial charge is 0.187 e. The largest absolute Gasteiger partial charge is 0.494 e. The molecule has 0 bridgehead atoms. The van der Waals surface area contributed by atoms with Crippen molar-refractivity contribution in [3.63, 3.8) is 0 Å². The fraction of sp³-hybridized carbons (Fsp3) is 0.0714. The minimum absolute atomic E-state index is 0.170. The lowest BCUT2D eigenvalue weighted by atomic mass is 10.2. The zero-order chi connectivity index (χ0) is 16.0. The summed E-state index contributed by atoms with van der Waals surface area (Å²) in [6, 6.07) is 4.61. The zero-order valence-electron chi connectivity index (χ0n) is 11.8. The molecule has 0 amide bonds. The number of hydrogen-bond acceptors (Lipinski definition) is 7. The molecule has 0 spiro atoms. The van der Waals surface area contributed by atoms with Crippen LogP contribution in [-0.2, 0) is 0 Å². The monoisotopic (exact) mass is 331 g/mol. The van der Waals surface area contributed by atoms with E-state index in [0.29, 0.717) is 33.4 Å². The maximum atomic E-state index is 13.8. The number of aromatic amines is 1. The van der Waals surface area contributed by atoms with E-state index in [-0.39, 0.29) is 5.75 Å². The standard InChI is InChI=1S/C14H10FN5O2S/c1-21-9-5-10-7(4-6(9)15)18-14(23-10)11-12(19-20-13(11)16)8-2-3-17-22-8/h2-5H,1H3,(H3,16,19,20). The number of nitrogens with two attached hydrogens (primary N) is 1. The van der Waals surface area contributed by atoms with E-state index in [4.69, 9.17) is 15.0 Å². The molecule has 7 nitrogen and oxygen atoms in total. The highest BCUT2D eigenvalue weighted by molar-refractivity contribution is 7.21. The average molecular weight is 331 g/mol. The van der Waals surface area contributed by atoms with Crippen molar-refractivity contribution in [2.75, 3.05) is 12.8 Å². The highest BCUT2D eigenvalue weighted by atomic mass is 32.1. The van der Waals surface area contributed by atoms with E-state index in [1.165, 1.54) is 30.7 Å². The lowest BCUT2D eigenvalue weighted by molar-refractivity contribution is 0.387. The Morgan fingerprint density at radius 2 is 2.26 bits per heavy atom. The van der Waals surface area contributed by atoms with Gasteiger partial charge in [-0.2, -0.15) is 5.10 Å². The summed E-state index contributed by atoms with van der Waals surface area (Å²) < 4.78 is 24.7. The number of thiazole rings is 1. The highest BCUT2D eigenvalue weighted by Crippen LogP contribution is 2.39. The second-order valence-electron chi connectivity index (χ2n) is 4.71. The van der Waals surface area contributed by atoms with Crippen LogP contribution in [0, 0.1) is 5.82 Å². The molecule has 3 heterocycles. The van der Waals surface area contributed by atoms with Gasteiger partial charge in [-0.25, -0.2) is 9.37 Å². The summed E-state index contributed by atoms with van der Waals surface area (Å²) >= 11 is 1.36. The number of nitrogen functional groups attached to an aromatic ring is 1. The third kappa shape index (κ3) is 2.13. The third-order valence-electron chi connectivity index (χ3n) is 3.34. The Labute approximate surface area is 132 Å². The van der Waals surface area contributed by atoms with Gasteiger partial charge in [-0.05, 0) is 0 Å². The van der Waals surface area contributed by atoms with Crippen LogP contribution in [0.25, 0.3) is 32.2 Å². The van der Waals surface area contributed by atoms with Crippen molar-refractivity contribution in [3.8, 4) is 27.8 Å². The van der Waals surface area contributed by atoms with Gasteiger partial charge in [0.1, 0.15) is 16.5 Å². The Morgan fingerprint density at radius 1 is 1.39 bits per heavy atom. The third-order valence-corrected chi connectivity index (χ3v) is 4.38. The van der Waals surface area contributed by atoms with Crippen molar-refractivity contribution in [1.29, 1.82) is 0 Å².